The molecule has 0 spiro atoms. The average molecular weight is 379 g/mol. The first-order valence-electron chi connectivity index (χ1n) is 8.55. The highest BCUT2D eigenvalue weighted by Gasteiger charge is 2.72. The van der Waals surface area contributed by atoms with Crippen LogP contribution in [-0.4, -0.2) is 56.9 Å². The normalized spacial score (nSPS) is 22.7. The molecule has 1 saturated carbocycles. The molecule has 1 aliphatic heterocycles. The van der Waals surface area contributed by atoms with Gasteiger partial charge in [0.25, 0.3) is 5.92 Å². The summed E-state index contributed by atoms with van der Waals surface area (Å²) in [4.78, 5) is 21.8. The van der Waals surface area contributed by atoms with E-state index in [1.54, 1.807) is 11.1 Å². The minimum atomic E-state index is -2.53. The van der Waals surface area contributed by atoms with Crippen molar-refractivity contribution in [1.82, 2.24) is 19.7 Å². The number of fused-ring (bicyclic) bond motifs is 1. The van der Waals surface area contributed by atoms with E-state index in [0.29, 0.717) is 23.9 Å². The molecule has 2 aromatic heterocycles. The Morgan fingerprint density at radius 3 is 2.70 bits per heavy atom. The van der Waals surface area contributed by atoms with E-state index in [9.17, 15) is 18.7 Å². The van der Waals surface area contributed by atoms with Gasteiger partial charge in [-0.25, -0.2) is 23.5 Å². The third-order valence-electron chi connectivity index (χ3n) is 5.23. The zero-order valence-electron chi connectivity index (χ0n) is 14.9. The monoisotopic (exact) mass is 379 g/mol. The Bertz CT molecular complexity index is 887. The van der Waals surface area contributed by atoms with Gasteiger partial charge in [0.05, 0.1) is 25.0 Å². The summed E-state index contributed by atoms with van der Waals surface area (Å²) in [5.41, 5.74) is 1.91. The van der Waals surface area contributed by atoms with Crippen molar-refractivity contribution >= 4 is 11.9 Å². The van der Waals surface area contributed by atoms with Crippen LogP contribution < -0.4 is 4.90 Å². The van der Waals surface area contributed by atoms with Crippen LogP contribution >= 0.6 is 0 Å². The largest absolute Gasteiger partial charge is 0.478 e. The molecule has 2 atom stereocenters. The number of piperidine rings is 1. The Morgan fingerprint density at radius 2 is 2.11 bits per heavy atom. The Labute approximate surface area is 153 Å². The highest BCUT2D eigenvalue weighted by Crippen LogP contribution is 2.59. The quantitative estimate of drug-likeness (QED) is 0.814. The lowest BCUT2D eigenvalue weighted by molar-refractivity contribution is 0.0691. The molecule has 0 bridgehead atoms. The first kappa shape index (κ1) is 17.8. The second kappa shape index (κ2) is 6.22. The predicted octanol–water partition coefficient (Wildman–Crippen LogP) is 1.58. The lowest BCUT2D eigenvalue weighted by Gasteiger charge is -2.20. The van der Waals surface area contributed by atoms with E-state index in [0.717, 1.165) is 5.56 Å². The second-order valence-electron chi connectivity index (χ2n) is 7.00. The van der Waals surface area contributed by atoms with E-state index in [-0.39, 0.29) is 25.3 Å². The third-order valence-corrected chi connectivity index (χ3v) is 5.23. The summed E-state index contributed by atoms with van der Waals surface area (Å²) >= 11 is 0. The number of aromatic carboxylic acids is 1. The van der Waals surface area contributed by atoms with Gasteiger partial charge in [-0.3, -0.25) is 4.68 Å². The van der Waals surface area contributed by atoms with Crippen molar-refractivity contribution in [2.75, 3.05) is 25.1 Å². The van der Waals surface area contributed by atoms with Gasteiger partial charge in [0.15, 0.2) is 0 Å². The van der Waals surface area contributed by atoms with Gasteiger partial charge in [-0.2, -0.15) is 5.10 Å². The number of aromatic nitrogens is 4. The first-order chi connectivity index (χ1) is 12.8. The standard InChI is InChI=1S/C17H19F2N5O3/c1-9-10(4-24-5-11(15(25)26)14(22-24)8-27-2)3-20-16(21-9)23-6-12-13(7-23)17(12,18)19/h3,5,12-13H,4,6-8H2,1-2H3,(H,25,26). The summed E-state index contributed by atoms with van der Waals surface area (Å²) in [6.07, 6.45) is 3.08. The maximum atomic E-state index is 13.3. The summed E-state index contributed by atoms with van der Waals surface area (Å²) < 4.78 is 33.2. The minimum Gasteiger partial charge on any atom is -0.478 e. The number of hydrogen-bond donors (Lipinski definition) is 1. The number of carboxylic acids is 1. The number of carbonyl (C=O) groups is 1. The molecule has 2 unspecified atom stereocenters. The van der Waals surface area contributed by atoms with Crippen molar-refractivity contribution in [3.8, 4) is 0 Å². The number of nitrogens with zero attached hydrogens (tertiary/aromatic N) is 5. The molecule has 0 amide bonds. The van der Waals surface area contributed by atoms with E-state index >= 15 is 0 Å². The van der Waals surface area contributed by atoms with Gasteiger partial charge >= 0.3 is 5.97 Å². The highest BCUT2D eigenvalue weighted by atomic mass is 19.3. The van der Waals surface area contributed by atoms with Crippen LogP contribution in [0, 0.1) is 18.8 Å². The van der Waals surface area contributed by atoms with Crippen LogP contribution in [0.2, 0.25) is 0 Å². The van der Waals surface area contributed by atoms with Crippen molar-refractivity contribution in [3.63, 3.8) is 0 Å². The molecule has 1 aliphatic carbocycles. The molecule has 1 N–H and O–H groups in total. The van der Waals surface area contributed by atoms with Crippen molar-refractivity contribution in [3.05, 3.63) is 34.9 Å². The SMILES string of the molecule is COCc1nn(Cc2cnc(N3CC4C(C3)C4(F)F)nc2C)cc1C(=O)O. The maximum Gasteiger partial charge on any atom is 0.339 e. The molecule has 2 aromatic rings. The molecule has 27 heavy (non-hydrogen) atoms. The molecule has 4 rings (SSSR count). The van der Waals surface area contributed by atoms with Crippen LogP contribution in [0.15, 0.2) is 12.4 Å². The predicted molar refractivity (Wildman–Crippen MR) is 89.9 cm³/mol. The van der Waals surface area contributed by atoms with Crippen LogP contribution in [0.25, 0.3) is 0 Å². The van der Waals surface area contributed by atoms with Gasteiger partial charge in [-0.1, -0.05) is 0 Å². The number of aryl methyl sites for hydroxylation is 1. The number of anilines is 1. The van der Waals surface area contributed by atoms with Gasteiger partial charge in [0.2, 0.25) is 5.95 Å². The Morgan fingerprint density at radius 1 is 1.41 bits per heavy atom. The molecular formula is C17H19F2N5O3. The molecule has 0 aromatic carbocycles. The molecule has 2 aliphatic rings. The molecular weight excluding hydrogens is 360 g/mol. The van der Waals surface area contributed by atoms with E-state index in [1.165, 1.54) is 18.0 Å². The summed E-state index contributed by atoms with van der Waals surface area (Å²) in [5, 5.41) is 13.5. The number of rotatable bonds is 6. The molecule has 2 fully saturated rings. The summed E-state index contributed by atoms with van der Waals surface area (Å²) in [6.45, 7) is 2.77. The van der Waals surface area contributed by atoms with E-state index < -0.39 is 23.7 Å². The van der Waals surface area contributed by atoms with Crippen molar-refractivity contribution in [2.45, 2.75) is 26.0 Å². The number of methoxy groups -OCH3 is 1. The summed E-state index contributed by atoms with van der Waals surface area (Å²) in [6, 6.07) is 0. The Kier molecular flexibility index (Phi) is 4.10. The summed E-state index contributed by atoms with van der Waals surface area (Å²) in [5.74, 6) is -4.32. The van der Waals surface area contributed by atoms with Crippen molar-refractivity contribution in [1.29, 1.82) is 0 Å². The fourth-order valence-electron chi connectivity index (χ4n) is 3.60. The van der Waals surface area contributed by atoms with Crippen LogP contribution in [-0.2, 0) is 17.9 Å². The van der Waals surface area contributed by atoms with Crippen molar-refractivity contribution < 1.29 is 23.4 Å². The number of alkyl halides is 2. The second-order valence-corrected chi connectivity index (χ2v) is 7.00. The van der Waals surface area contributed by atoms with E-state index in [4.69, 9.17) is 4.74 Å². The van der Waals surface area contributed by atoms with Crippen LogP contribution in [0.5, 0.6) is 0 Å². The van der Waals surface area contributed by atoms with Gasteiger partial charge in [0.1, 0.15) is 11.3 Å². The fourth-order valence-corrected chi connectivity index (χ4v) is 3.60. The minimum absolute atomic E-state index is 0.0873. The van der Waals surface area contributed by atoms with Crippen molar-refractivity contribution in [2.24, 2.45) is 11.8 Å². The number of hydrogen-bond acceptors (Lipinski definition) is 6. The average Bonchev–Trinajstić information content (AvgIpc) is 3.03. The zero-order valence-corrected chi connectivity index (χ0v) is 14.9. The highest BCUT2D eigenvalue weighted by molar-refractivity contribution is 5.88. The third kappa shape index (κ3) is 3.03. The lowest BCUT2D eigenvalue weighted by Crippen LogP contribution is -2.29. The van der Waals surface area contributed by atoms with Gasteiger partial charge in [-0.05, 0) is 6.92 Å². The smallest absolute Gasteiger partial charge is 0.339 e. The number of carboxylic acid groups (broad SMARTS) is 1. The van der Waals surface area contributed by atoms with E-state index in [1.807, 2.05) is 6.92 Å². The number of ether oxygens (including phenoxy) is 1. The van der Waals surface area contributed by atoms with Crippen LogP contribution in [0.4, 0.5) is 14.7 Å². The fraction of sp³-hybridized carbons (Fsp3) is 0.529. The molecule has 1 saturated heterocycles. The Balaban J connectivity index is 1.49. The molecule has 0 radical (unpaired) electrons. The lowest BCUT2D eigenvalue weighted by atomic mass is 10.2. The maximum absolute atomic E-state index is 13.3. The molecule has 10 heteroatoms. The number of halogens is 2. The first-order valence-corrected chi connectivity index (χ1v) is 8.55. The van der Waals surface area contributed by atoms with Gasteiger partial charge < -0.3 is 14.7 Å². The van der Waals surface area contributed by atoms with Crippen LogP contribution in [0.3, 0.4) is 0 Å². The topological polar surface area (TPSA) is 93.4 Å². The molecule has 144 valence electrons. The van der Waals surface area contributed by atoms with E-state index in [2.05, 4.69) is 15.1 Å². The van der Waals surface area contributed by atoms with Gasteiger partial charge in [0, 0.05) is 43.9 Å². The molecule has 3 heterocycles. The zero-order chi connectivity index (χ0) is 19.3. The summed E-state index contributed by atoms with van der Waals surface area (Å²) in [7, 11) is 1.47. The van der Waals surface area contributed by atoms with Crippen LogP contribution in [0.1, 0.15) is 27.3 Å². The Hall–Kier alpha value is -2.62. The molecule has 8 nitrogen and oxygen atoms in total. The van der Waals surface area contributed by atoms with Gasteiger partial charge in [-0.15, -0.1) is 0 Å².